The molecule has 3 nitrogen and oxygen atoms in total. The van der Waals surface area contributed by atoms with Gasteiger partial charge in [0.05, 0.1) is 12.7 Å². The van der Waals surface area contributed by atoms with E-state index in [2.05, 4.69) is 11.8 Å². The predicted octanol–water partition coefficient (Wildman–Crippen LogP) is 1.65. The van der Waals surface area contributed by atoms with Gasteiger partial charge in [-0.3, -0.25) is 4.90 Å². The first-order valence-corrected chi connectivity index (χ1v) is 6.66. The molecule has 2 saturated carbocycles. The van der Waals surface area contributed by atoms with Crippen LogP contribution in [0.25, 0.3) is 0 Å². The van der Waals surface area contributed by atoms with Crippen LogP contribution in [0, 0.1) is 5.92 Å². The number of aliphatic hydroxyl groups is 1. The van der Waals surface area contributed by atoms with Crippen molar-refractivity contribution in [1.82, 2.24) is 4.90 Å². The van der Waals surface area contributed by atoms with E-state index in [1.807, 2.05) is 0 Å². The summed E-state index contributed by atoms with van der Waals surface area (Å²) in [5.41, 5.74) is 0. The lowest BCUT2D eigenvalue weighted by atomic mass is 10.1. The molecule has 3 heteroatoms. The van der Waals surface area contributed by atoms with E-state index in [-0.39, 0.29) is 6.10 Å². The van der Waals surface area contributed by atoms with Crippen LogP contribution in [0.2, 0.25) is 0 Å². The second-order valence-electron chi connectivity index (χ2n) is 5.37. The fraction of sp³-hybridized carbons (Fsp3) is 1.00. The van der Waals surface area contributed by atoms with Gasteiger partial charge in [-0.05, 0) is 44.9 Å². The maximum Gasteiger partial charge on any atom is 0.0695 e. The van der Waals surface area contributed by atoms with Crippen LogP contribution < -0.4 is 0 Å². The summed E-state index contributed by atoms with van der Waals surface area (Å²) < 4.78 is 5.19. The average molecular weight is 227 g/mol. The maximum absolute atomic E-state index is 10.0. The van der Waals surface area contributed by atoms with Gasteiger partial charge in [0.15, 0.2) is 0 Å². The molecular formula is C13H25NO2. The highest BCUT2D eigenvalue weighted by molar-refractivity contribution is 4.92. The summed E-state index contributed by atoms with van der Waals surface area (Å²) in [5, 5.41) is 10.0. The van der Waals surface area contributed by atoms with Crippen LogP contribution in [-0.4, -0.2) is 48.5 Å². The van der Waals surface area contributed by atoms with Crippen LogP contribution in [0.5, 0.6) is 0 Å². The zero-order chi connectivity index (χ0) is 11.5. The van der Waals surface area contributed by atoms with Crippen LogP contribution in [-0.2, 0) is 4.74 Å². The van der Waals surface area contributed by atoms with Gasteiger partial charge in [0.1, 0.15) is 0 Å². The standard InChI is InChI=1S/C13H25NO2/c1-10(11-6-7-11)14(8-9-16-2)12-4-3-5-13(12)15/h10-13,15H,3-9H2,1-2H3/t10?,12-,13-/m0/s1. The van der Waals surface area contributed by atoms with Crippen molar-refractivity contribution in [2.75, 3.05) is 20.3 Å². The first-order valence-electron chi connectivity index (χ1n) is 6.66. The molecule has 0 bridgehead atoms. The third-order valence-electron chi connectivity index (χ3n) is 4.25. The van der Waals surface area contributed by atoms with Crippen LogP contribution in [0.4, 0.5) is 0 Å². The van der Waals surface area contributed by atoms with Crippen molar-refractivity contribution >= 4 is 0 Å². The van der Waals surface area contributed by atoms with Gasteiger partial charge in [-0.2, -0.15) is 0 Å². The monoisotopic (exact) mass is 227 g/mol. The van der Waals surface area contributed by atoms with Gasteiger partial charge in [0.2, 0.25) is 0 Å². The Morgan fingerprint density at radius 2 is 2.06 bits per heavy atom. The minimum atomic E-state index is -0.113. The Hall–Kier alpha value is -0.120. The average Bonchev–Trinajstić information content (AvgIpc) is 3.04. The maximum atomic E-state index is 10.0. The summed E-state index contributed by atoms with van der Waals surface area (Å²) in [5.74, 6) is 0.865. The third kappa shape index (κ3) is 2.76. The molecule has 16 heavy (non-hydrogen) atoms. The summed E-state index contributed by atoms with van der Waals surface area (Å²) in [6, 6.07) is 0.999. The number of rotatable bonds is 6. The number of nitrogens with zero attached hydrogens (tertiary/aromatic N) is 1. The molecule has 0 aliphatic heterocycles. The SMILES string of the molecule is COCCN(C(C)C1CC1)[C@H]1CCC[C@@H]1O. The van der Waals surface area contributed by atoms with Gasteiger partial charge in [0.25, 0.3) is 0 Å². The van der Waals surface area contributed by atoms with E-state index in [4.69, 9.17) is 4.74 Å². The van der Waals surface area contributed by atoms with Crippen molar-refractivity contribution in [2.24, 2.45) is 5.92 Å². The van der Waals surface area contributed by atoms with E-state index in [0.717, 1.165) is 31.9 Å². The normalized spacial score (nSPS) is 32.2. The Morgan fingerprint density at radius 1 is 1.31 bits per heavy atom. The molecule has 0 saturated heterocycles. The number of ether oxygens (including phenoxy) is 1. The third-order valence-corrected chi connectivity index (χ3v) is 4.25. The summed E-state index contributed by atoms with van der Waals surface area (Å²) in [4.78, 5) is 2.50. The van der Waals surface area contributed by atoms with Gasteiger partial charge >= 0.3 is 0 Å². The molecule has 2 aliphatic rings. The minimum absolute atomic E-state index is 0.113. The van der Waals surface area contributed by atoms with Crippen LogP contribution in [0.15, 0.2) is 0 Å². The minimum Gasteiger partial charge on any atom is -0.391 e. The Bertz CT molecular complexity index is 218. The molecule has 0 heterocycles. The fourth-order valence-electron chi connectivity index (χ4n) is 3.03. The zero-order valence-electron chi connectivity index (χ0n) is 10.6. The summed E-state index contributed by atoms with van der Waals surface area (Å²) >= 11 is 0. The molecule has 0 spiro atoms. The molecule has 3 atom stereocenters. The molecular weight excluding hydrogens is 202 g/mol. The largest absolute Gasteiger partial charge is 0.391 e. The molecule has 2 fully saturated rings. The van der Waals surface area contributed by atoms with Crippen molar-refractivity contribution in [1.29, 1.82) is 0 Å². The Labute approximate surface area is 98.8 Å². The molecule has 0 radical (unpaired) electrons. The molecule has 94 valence electrons. The smallest absolute Gasteiger partial charge is 0.0695 e. The van der Waals surface area contributed by atoms with Gasteiger partial charge in [-0.25, -0.2) is 0 Å². The highest BCUT2D eigenvalue weighted by atomic mass is 16.5. The Kier molecular flexibility index (Phi) is 4.22. The first kappa shape index (κ1) is 12.3. The van der Waals surface area contributed by atoms with E-state index in [0.29, 0.717) is 12.1 Å². The van der Waals surface area contributed by atoms with Gasteiger partial charge in [0, 0.05) is 25.7 Å². The lowest BCUT2D eigenvalue weighted by Crippen LogP contribution is -2.48. The van der Waals surface area contributed by atoms with Gasteiger partial charge in [-0.1, -0.05) is 0 Å². The molecule has 2 rings (SSSR count). The quantitative estimate of drug-likeness (QED) is 0.749. The molecule has 0 aromatic heterocycles. The molecule has 1 N–H and O–H groups in total. The van der Waals surface area contributed by atoms with E-state index < -0.39 is 0 Å². The van der Waals surface area contributed by atoms with Crippen molar-refractivity contribution in [2.45, 2.75) is 57.2 Å². The van der Waals surface area contributed by atoms with Crippen molar-refractivity contribution in [3.63, 3.8) is 0 Å². The van der Waals surface area contributed by atoms with E-state index in [1.54, 1.807) is 7.11 Å². The fourth-order valence-corrected chi connectivity index (χ4v) is 3.03. The molecule has 1 unspecified atom stereocenters. The lowest BCUT2D eigenvalue weighted by molar-refractivity contribution is 0.0241. The summed E-state index contributed by atoms with van der Waals surface area (Å²) in [6.07, 6.45) is 5.93. The number of aliphatic hydroxyl groups excluding tert-OH is 1. The molecule has 2 aliphatic carbocycles. The summed E-state index contributed by atoms with van der Waals surface area (Å²) in [7, 11) is 1.76. The highest BCUT2D eigenvalue weighted by Gasteiger charge is 2.38. The Morgan fingerprint density at radius 3 is 2.56 bits per heavy atom. The van der Waals surface area contributed by atoms with Gasteiger partial charge < -0.3 is 9.84 Å². The predicted molar refractivity (Wildman–Crippen MR) is 64.4 cm³/mol. The van der Waals surface area contributed by atoms with Crippen molar-refractivity contribution < 1.29 is 9.84 Å². The molecule has 0 aromatic carbocycles. The Balaban J connectivity index is 1.94. The lowest BCUT2D eigenvalue weighted by Gasteiger charge is -2.36. The second-order valence-corrected chi connectivity index (χ2v) is 5.37. The summed E-state index contributed by atoms with van der Waals surface area (Å²) in [6.45, 7) is 4.06. The number of hydrogen-bond donors (Lipinski definition) is 1. The van der Waals surface area contributed by atoms with Crippen LogP contribution in [0.1, 0.15) is 39.0 Å². The van der Waals surface area contributed by atoms with E-state index in [9.17, 15) is 5.11 Å². The topological polar surface area (TPSA) is 32.7 Å². The zero-order valence-corrected chi connectivity index (χ0v) is 10.6. The molecule has 0 amide bonds. The van der Waals surface area contributed by atoms with Crippen molar-refractivity contribution in [3.05, 3.63) is 0 Å². The van der Waals surface area contributed by atoms with Crippen LogP contribution in [0.3, 0.4) is 0 Å². The van der Waals surface area contributed by atoms with Crippen LogP contribution >= 0.6 is 0 Å². The molecule has 0 aromatic rings. The number of methoxy groups -OCH3 is 1. The van der Waals surface area contributed by atoms with Crippen molar-refractivity contribution in [3.8, 4) is 0 Å². The highest BCUT2D eigenvalue weighted by Crippen LogP contribution is 2.37. The second kappa shape index (κ2) is 5.48. The van der Waals surface area contributed by atoms with Gasteiger partial charge in [-0.15, -0.1) is 0 Å². The van der Waals surface area contributed by atoms with E-state index >= 15 is 0 Å². The van der Waals surface area contributed by atoms with E-state index in [1.165, 1.54) is 19.3 Å². The first-order chi connectivity index (χ1) is 7.74. The number of hydrogen-bond acceptors (Lipinski definition) is 3.